The Balaban J connectivity index is 1.63. The van der Waals surface area contributed by atoms with Gasteiger partial charge >= 0.3 is 0 Å². The fraction of sp³-hybridized carbons (Fsp3) is 0.318. The van der Waals surface area contributed by atoms with Gasteiger partial charge in [0, 0.05) is 50.2 Å². The van der Waals surface area contributed by atoms with E-state index < -0.39 is 0 Å². The first kappa shape index (κ1) is 20.4. The topological polar surface area (TPSA) is 79.7 Å². The van der Waals surface area contributed by atoms with Crippen LogP contribution in [-0.2, 0) is 9.59 Å². The van der Waals surface area contributed by atoms with Crippen molar-refractivity contribution in [1.29, 1.82) is 5.26 Å². The molecule has 2 aromatic carbocycles. The third-order valence-corrected chi connectivity index (χ3v) is 4.99. The molecule has 1 saturated heterocycles. The first-order valence-electron chi connectivity index (χ1n) is 9.58. The smallest absolute Gasteiger partial charge is 0.244 e. The lowest BCUT2D eigenvalue weighted by Gasteiger charge is -2.34. The molecule has 2 aromatic rings. The molecule has 1 fully saturated rings. The fourth-order valence-corrected chi connectivity index (χ4v) is 3.29. The standard InChI is InChI=1S/C22H25N5O2/c1-17(28)27(21-5-3-4-18(14-21)15-23)16-22(29)24-19-6-8-20(9-7-19)26-12-10-25(2)11-13-26/h3-9,14H,10-13,16H2,1-2H3,(H,24,29). The summed E-state index contributed by atoms with van der Waals surface area (Å²) in [5, 5.41) is 11.9. The average Bonchev–Trinajstić information content (AvgIpc) is 2.73. The number of amides is 2. The summed E-state index contributed by atoms with van der Waals surface area (Å²) in [4.78, 5) is 30.5. The highest BCUT2D eigenvalue weighted by atomic mass is 16.2. The molecule has 0 bridgehead atoms. The lowest BCUT2D eigenvalue weighted by molar-refractivity contribution is -0.120. The van der Waals surface area contributed by atoms with Gasteiger partial charge in [0.25, 0.3) is 0 Å². The summed E-state index contributed by atoms with van der Waals surface area (Å²) in [6.07, 6.45) is 0. The number of piperazine rings is 1. The SMILES string of the molecule is CC(=O)N(CC(=O)Nc1ccc(N2CCN(C)CC2)cc1)c1cccc(C#N)c1. The molecule has 7 heteroatoms. The van der Waals surface area contributed by atoms with E-state index in [0.717, 1.165) is 31.9 Å². The molecule has 1 aliphatic rings. The number of anilines is 3. The number of benzene rings is 2. The van der Waals surface area contributed by atoms with Gasteiger partial charge in [-0.2, -0.15) is 5.26 Å². The zero-order valence-corrected chi connectivity index (χ0v) is 16.8. The summed E-state index contributed by atoms with van der Waals surface area (Å²) < 4.78 is 0. The van der Waals surface area contributed by atoms with Crippen LogP contribution in [0.15, 0.2) is 48.5 Å². The largest absolute Gasteiger partial charge is 0.369 e. The Hall–Kier alpha value is -3.37. The van der Waals surface area contributed by atoms with Crippen molar-refractivity contribution in [3.05, 3.63) is 54.1 Å². The molecule has 3 rings (SSSR count). The molecule has 0 aliphatic carbocycles. The predicted molar refractivity (Wildman–Crippen MR) is 114 cm³/mol. The van der Waals surface area contributed by atoms with Crippen LogP contribution >= 0.6 is 0 Å². The summed E-state index contributed by atoms with van der Waals surface area (Å²) >= 11 is 0. The third kappa shape index (κ3) is 5.33. The maximum atomic E-state index is 12.5. The highest BCUT2D eigenvalue weighted by Gasteiger charge is 2.17. The molecule has 0 aromatic heterocycles. The first-order chi connectivity index (χ1) is 14.0. The van der Waals surface area contributed by atoms with Crippen molar-refractivity contribution in [2.24, 2.45) is 0 Å². The van der Waals surface area contributed by atoms with Crippen molar-refractivity contribution in [2.45, 2.75) is 6.92 Å². The zero-order valence-electron chi connectivity index (χ0n) is 16.8. The molecule has 2 amide bonds. The number of hydrogen-bond acceptors (Lipinski definition) is 5. The predicted octanol–water partition coefficient (Wildman–Crippen LogP) is 2.30. The van der Waals surface area contributed by atoms with Crippen LogP contribution in [0.3, 0.4) is 0 Å². The number of likely N-dealkylation sites (N-methyl/N-ethyl adjacent to an activating group) is 1. The zero-order chi connectivity index (χ0) is 20.8. The Morgan fingerprint density at radius 3 is 2.41 bits per heavy atom. The second-order valence-electron chi connectivity index (χ2n) is 7.15. The van der Waals surface area contributed by atoms with Crippen molar-refractivity contribution in [3.8, 4) is 6.07 Å². The molecule has 0 spiro atoms. The Bertz CT molecular complexity index is 912. The van der Waals surface area contributed by atoms with Crippen LogP contribution in [0.2, 0.25) is 0 Å². The van der Waals surface area contributed by atoms with E-state index in [1.54, 1.807) is 24.3 Å². The molecule has 0 radical (unpaired) electrons. The molecule has 0 saturated carbocycles. The Kier molecular flexibility index (Phi) is 6.47. The minimum atomic E-state index is -0.296. The van der Waals surface area contributed by atoms with Gasteiger partial charge in [-0.1, -0.05) is 6.07 Å². The van der Waals surface area contributed by atoms with Crippen LogP contribution < -0.4 is 15.1 Å². The van der Waals surface area contributed by atoms with E-state index in [4.69, 9.17) is 5.26 Å². The molecular formula is C22H25N5O2. The first-order valence-corrected chi connectivity index (χ1v) is 9.58. The van der Waals surface area contributed by atoms with Gasteiger partial charge in [-0.15, -0.1) is 0 Å². The number of hydrogen-bond donors (Lipinski definition) is 1. The number of nitrogens with zero attached hydrogens (tertiary/aromatic N) is 4. The van der Waals surface area contributed by atoms with Crippen molar-refractivity contribution in [1.82, 2.24) is 4.90 Å². The second-order valence-corrected chi connectivity index (χ2v) is 7.15. The van der Waals surface area contributed by atoms with Crippen molar-refractivity contribution >= 4 is 28.9 Å². The number of nitrogens with one attached hydrogen (secondary N) is 1. The number of carbonyl (C=O) groups is 2. The monoisotopic (exact) mass is 391 g/mol. The maximum Gasteiger partial charge on any atom is 0.244 e. The average molecular weight is 391 g/mol. The molecule has 150 valence electrons. The normalized spacial score (nSPS) is 14.2. The summed E-state index contributed by atoms with van der Waals surface area (Å²) in [5.41, 5.74) is 2.78. The minimum absolute atomic E-state index is 0.121. The second kappa shape index (κ2) is 9.22. The quantitative estimate of drug-likeness (QED) is 0.846. The van der Waals surface area contributed by atoms with Crippen LogP contribution in [0.5, 0.6) is 0 Å². The fourth-order valence-electron chi connectivity index (χ4n) is 3.29. The summed E-state index contributed by atoms with van der Waals surface area (Å²) in [6.45, 7) is 5.31. The van der Waals surface area contributed by atoms with Gasteiger partial charge in [-0.3, -0.25) is 9.59 Å². The van der Waals surface area contributed by atoms with Gasteiger partial charge in [-0.05, 0) is 49.5 Å². The van der Waals surface area contributed by atoms with Gasteiger partial charge in [-0.25, -0.2) is 0 Å². The lowest BCUT2D eigenvalue weighted by atomic mass is 10.2. The van der Waals surface area contributed by atoms with Crippen LogP contribution in [-0.4, -0.2) is 56.5 Å². The molecule has 1 heterocycles. The summed E-state index contributed by atoms with van der Waals surface area (Å²) in [5.74, 6) is -0.560. The molecule has 0 unspecified atom stereocenters. The molecular weight excluding hydrogens is 366 g/mol. The lowest BCUT2D eigenvalue weighted by Crippen LogP contribution is -2.44. The maximum absolute atomic E-state index is 12.5. The van der Waals surface area contributed by atoms with E-state index >= 15 is 0 Å². The molecule has 0 atom stereocenters. The van der Waals surface area contributed by atoms with Gasteiger partial charge in [0.05, 0.1) is 11.6 Å². The molecule has 7 nitrogen and oxygen atoms in total. The highest BCUT2D eigenvalue weighted by molar-refractivity contribution is 6.01. The van der Waals surface area contributed by atoms with Crippen molar-refractivity contribution in [3.63, 3.8) is 0 Å². The van der Waals surface area contributed by atoms with E-state index in [1.165, 1.54) is 11.8 Å². The number of carbonyl (C=O) groups excluding carboxylic acids is 2. The summed E-state index contributed by atoms with van der Waals surface area (Å²) in [6, 6.07) is 16.4. The van der Waals surface area contributed by atoms with E-state index in [1.807, 2.05) is 30.3 Å². The third-order valence-electron chi connectivity index (χ3n) is 4.99. The van der Waals surface area contributed by atoms with E-state index in [9.17, 15) is 9.59 Å². The molecule has 29 heavy (non-hydrogen) atoms. The highest BCUT2D eigenvalue weighted by Crippen LogP contribution is 2.20. The van der Waals surface area contributed by atoms with Crippen LogP contribution in [0, 0.1) is 11.3 Å². The van der Waals surface area contributed by atoms with E-state index in [0.29, 0.717) is 16.9 Å². The van der Waals surface area contributed by atoms with Gasteiger partial charge in [0.1, 0.15) is 6.54 Å². The molecule has 1 N–H and O–H groups in total. The van der Waals surface area contributed by atoms with E-state index in [2.05, 4.69) is 22.2 Å². The Morgan fingerprint density at radius 2 is 1.79 bits per heavy atom. The van der Waals surface area contributed by atoms with Gasteiger partial charge < -0.3 is 20.0 Å². The number of nitriles is 1. The Labute approximate surface area is 171 Å². The number of rotatable bonds is 5. The van der Waals surface area contributed by atoms with E-state index in [-0.39, 0.29) is 18.4 Å². The van der Waals surface area contributed by atoms with Crippen molar-refractivity contribution in [2.75, 3.05) is 54.9 Å². The van der Waals surface area contributed by atoms with Crippen LogP contribution in [0.4, 0.5) is 17.1 Å². The van der Waals surface area contributed by atoms with Crippen molar-refractivity contribution < 1.29 is 9.59 Å². The van der Waals surface area contributed by atoms with Crippen LogP contribution in [0.25, 0.3) is 0 Å². The van der Waals surface area contributed by atoms with Crippen LogP contribution in [0.1, 0.15) is 12.5 Å². The van der Waals surface area contributed by atoms with Gasteiger partial charge in [0.15, 0.2) is 0 Å². The Morgan fingerprint density at radius 1 is 1.10 bits per heavy atom. The molecule has 1 aliphatic heterocycles. The summed E-state index contributed by atoms with van der Waals surface area (Å²) in [7, 11) is 2.12. The van der Waals surface area contributed by atoms with Gasteiger partial charge in [0.2, 0.25) is 11.8 Å². The minimum Gasteiger partial charge on any atom is -0.369 e.